The Bertz CT molecular complexity index is 285. The Kier molecular flexibility index (Phi) is 3.98. The third-order valence-electron chi connectivity index (χ3n) is 2.17. The zero-order chi connectivity index (χ0) is 10.4. The number of rotatable bonds is 5. The molecule has 76 valence electrons. The number of hydrogen-bond acceptors (Lipinski definition) is 2. The number of aliphatic carboxylic acids is 1. The first-order valence-corrected chi connectivity index (χ1v) is 4.75. The predicted octanol–water partition coefficient (Wildman–Crippen LogP) is 2.21. The van der Waals surface area contributed by atoms with Crippen molar-refractivity contribution in [1.29, 1.82) is 0 Å². The van der Waals surface area contributed by atoms with E-state index in [9.17, 15) is 4.79 Å². The standard InChI is InChI=1S/C11H15NO2/c1-2-9(11(13)14)8-12-10-6-4-3-5-7-10/h3-7,9,12H,2,8H2,1H3,(H,13,14). The van der Waals surface area contributed by atoms with Crippen LogP contribution in [-0.4, -0.2) is 17.6 Å². The van der Waals surface area contributed by atoms with Crippen molar-refractivity contribution in [2.45, 2.75) is 13.3 Å². The topological polar surface area (TPSA) is 49.3 Å². The number of benzene rings is 1. The number of para-hydroxylation sites is 1. The molecule has 14 heavy (non-hydrogen) atoms. The van der Waals surface area contributed by atoms with Crippen molar-refractivity contribution in [3.05, 3.63) is 30.3 Å². The van der Waals surface area contributed by atoms with Gasteiger partial charge in [0.2, 0.25) is 0 Å². The van der Waals surface area contributed by atoms with Crippen LogP contribution in [0.1, 0.15) is 13.3 Å². The number of carboxylic acids is 1. The summed E-state index contributed by atoms with van der Waals surface area (Å²) < 4.78 is 0. The zero-order valence-corrected chi connectivity index (χ0v) is 8.23. The van der Waals surface area contributed by atoms with Crippen molar-refractivity contribution in [3.8, 4) is 0 Å². The van der Waals surface area contributed by atoms with Gasteiger partial charge in [0.25, 0.3) is 0 Å². The van der Waals surface area contributed by atoms with Gasteiger partial charge in [0.1, 0.15) is 0 Å². The lowest BCUT2D eigenvalue weighted by Crippen LogP contribution is -2.21. The minimum Gasteiger partial charge on any atom is -0.481 e. The number of nitrogens with one attached hydrogen (secondary N) is 1. The van der Waals surface area contributed by atoms with Gasteiger partial charge in [-0.05, 0) is 18.6 Å². The van der Waals surface area contributed by atoms with Gasteiger partial charge >= 0.3 is 5.97 Å². The summed E-state index contributed by atoms with van der Waals surface area (Å²) in [5.74, 6) is -1.05. The molecule has 0 bridgehead atoms. The van der Waals surface area contributed by atoms with Gasteiger partial charge in [-0.3, -0.25) is 4.79 Å². The molecule has 1 unspecified atom stereocenters. The highest BCUT2D eigenvalue weighted by Gasteiger charge is 2.13. The average molecular weight is 193 g/mol. The van der Waals surface area contributed by atoms with Gasteiger partial charge in [-0.2, -0.15) is 0 Å². The van der Waals surface area contributed by atoms with Crippen molar-refractivity contribution in [3.63, 3.8) is 0 Å². The van der Waals surface area contributed by atoms with Gasteiger partial charge in [-0.25, -0.2) is 0 Å². The van der Waals surface area contributed by atoms with Gasteiger partial charge in [-0.1, -0.05) is 25.1 Å². The zero-order valence-electron chi connectivity index (χ0n) is 8.23. The first-order chi connectivity index (χ1) is 6.74. The van der Waals surface area contributed by atoms with Gasteiger partial charge in [0.15, 0.2) is 0 Å². The molecule has 0 aliphatic carbocycles. The Hall–Kier alpha value is -1.51. The molecule has 0 fully saturated rings. The van der Waals surface area contributed by atoms with E-state index in [0.29, 0.717) is 13.0 Å². The molecule has 0 aromatic heterocycles. The molecule has 1 aromatic rings. The quantitative estimate of drug-likeness (QED) is 0.753. The largest absolute Gasteiger partial charge is 0.481 e. The molecule has 0 saturated heterocycles. The van der Waals surface area contributed by atoms with Crippen molar-refractivity contribution >= 4 is 11.7 Å². The predicted molar refractivity (Wildman–Crippen MR) is 56.3 cm³/mol. The van der Waals surface area contributed by atoms with Crippen LogP contribution in [0.15, 0.2) is 30.3 Å². The van der Waals surface area contributed by atoms with E-state index in [0.717, 1.165) is 5.69 Å². The molecule has 0 amide bonds. The Morgan fingerprint density at radius 2 is 2.07 bits per heavy atom. The second kappa shape index (κ2) is 5.27. The van der Waals surface area contributed by atoms with Crippen LogP contribution >= 0.6 is 0 Å². The number of hydrogen-bond donors (Lipinski definition) is 2. The fourth-order valence-electron chi connectivity index (χ4n) is 1.20. The first kappa shape index (κ1) is 10.6. The monoisotopic (exact) mass is 193 g/mol. The number of carboxylic acid groups (broad SMARTS) is 1. The molecule has 3 heteroatoms. The van der Waals surface area contributed by atoms with Crippen molar-refractivity contribution in [1.82, 2.24) is 0 Å². The van der Waals surface area contributed by atoms with Crippen LogP contribution in [0, 0.1) is 5.92 Å². The summed E-state index contributed by atoms with van der Waals surface area (Å²) >= 11 is 0. The van der Waals surface area contributed by atoms with E-state index in [-0.39, 0.29) is 5.92 Å². The van der Waals surface area contributed by atoms with Crippen LogP contribution < -0.4 is 5.32 Å². The smallest absolute Gasteiger partial charge is 0.308 e. The van der Waals surface area contributed by atoms with Crippen molar-refractivity contribution < 1.29 is 9.90 Å². The van der Waals surface area contributed by atoms with Crippen LogP contribution in [0.5, 0.6) is 0 Å². The van der Waals surface area contributed by atoms with Gasteiger partial charge in [0, 0.05) is 12.2 Å². The van der Waals surface area contributed by atoms with Crippen LogP contribution in [0.2, 0.25) is 0 Å². The number of anilines is 1. The van der Waals surface area contributed by atoms with E-state index in [1.807, 2.05) is 37.3 Å². The molecule has 1 rings (SSSR count). The summed E-state index contributed by atoms with van der Waals surface area (Å²) in [5, 5.41) is 11.9. The molecule has 0 saturated carbocycles. The maximum Gasteiger partial charge on any atom is 0.308 e. The SMILES string of the molecule is CCC(CNc1ccccc1)C(=O)O. The first-order valence-electron chi connectivity index (χ1n) is 4.75. The number of carbonyl (C=O) groups is 1. The van der Waals surface area contributed by atoms with E-state index in [2.05, 4.69) is 5.32 Å². The third-order valence-corrected chi connectivity index (χ3v) is 2.17. The molecule has 2 N–H and O–H groups in total. The fourth-order valence-corrected chi connectivity index (χ4v) is 1.20. The van der Waals surface area contributed by atoms with Crippen LogP contribution in [0.3, 0.4) is 0 Å². The molecule has 0 heterocycles. The Morgan fingerprint density at radius 1 is 1.43 bits per heavy atom. The van der Waals surface area contributed by atoms with E-state index in [1.54, 1.807) is 0 Å². The normalized spacial score (nSPS) is 12.1. The van der Waals surface area contributed by atoms with E-state index in [4.69, 9.17) is 5.11 Å². The summed E-state index contributed by atoms with van der Waals surface area (Å²) in [6.45, 7) is 2.36. The van der Waals surface area contributed by atoms with Gasteiger partial charge < -0.3 is 10.4 Å². The highest BCUT2D eigenvalue weighted by Crippen LogP contribution is 2.08. The lowest BCUT2D eigenvalue weighted by molar-refractivity contribution is -0.141. The molecule has 3 nitrogen and oxygen atoms in total. The molecular weight excluding hydrogens is 178 g/mol. The maximum absolute atomic E-state index is 10.7. The molecular formula is C11H15NO2. The minimum absolute atomic E-state index is 0.310. The van der Waals surface area contributed by atoms with Gasteiger partial charge in [0.05, 0.1) is 5.92 Å². The Labute approximate surface area is 83.8 Å². The van der Waals surface area contributed by atoms with E-state index in [1.165, 1.54) is 0 Å². The van der Waals surface area contributed by atoms with Crippen LogP contribution in [-0.2, 0) is 4.79 Å². The fraction of sp³-hybridized carbons (Fsp3) is 0.364. The molecule has 0 aliphatic rings. The molecule has 0 spiro atoms. The molecule has 0 aliphatic heterocycles. The Balaban J connectivity index is 2.44. The Morgan fingerprint density at radius 3 is 2.57 bits per heavy atom. The van der Waals surface area contributed by atoms with Gasteiger partial charge in [-0.15, -0.1) is 0 Å². The summed E-state index contributed by atoms with van der Waals surface area (Å²) in [5.41, 5.74) is 0.965. The minimum atomic E-state index is -0.740. The molecule has 1 atom stereocenters. The summed E-state index contributed by atoms with van der Waals surface area (Å²) in [6.07, 6.45) is 0.648. The second-order valence-corrected chi connectivity index (χ2v) is 3.19. The summed E-state index contributed by atoms with van der Waals surface area (Å²) in [6, 6.07) is 9.62. The van der Waals surface area contributed by atoms with Crippen LogP contribution in [0.25, 0.3) is 0 Å². The van der Waals surface area contributed by atoms with Crippen LogP contribution in [0.4, 0.5) is 5.69 Å². The lowest BCUT2D eigenvalue weighted by Gasteiger charge is -2.11. The van der Waals surface area contributed by atoms with Crippen molar-refractivity contribution in [2.75, 3.05) is 11.9 Å². The average Bonchev–Trinajstić information content (AvgIpc) is 2.20. The highest BCUT2D eigenvalue weighted by molar-refractivity contribution is 5.70. The highest BCUT2D eigenvalue weighted by atomic mass is 16.4. The summed E-state index contributed by atoms with van der Waals surface area (Å²) in [7, 11) is 0. The van der Waals surface area contributed by atoms with Crippen molar-refractivity contribution in [2.24, 2.45) is 5.92 Å². The third kappa shape index (κ3) is 3.09. The maximum atomic E-state index is 10.7. The van der Waals surface area contributed by atoms with E-state index < -0.39 is 5.97 Å². The second-order valence-electron chi connectivity index (χ2n) is 3.19. The molecule has 1 aromatic carbocycles. The lowest BCUT2D eigenvalue weighted by atomic mass is 10.1. The van der Waals surface area contributed by atoms with E-state index >= 15 is 0 Å². The summed E-state index contributed by atoms with van der Waals surface area (Å²) in [4.78, 5) is 10.7. The molecule has 0 radical (unpaired) electrons.